The third kappa shape index (κ3) is 6.17. The van der Waals surface area contributed by atoms with E-state index in [9.17, 15) is 4.79 Å². The number of ether oxygens (including phenoxy) is 2. The summed E-state index contributed by atoms with van der Waals surface area (Å²) in [6, 6.07) is 27.4. The Morgan fingerprint density at radius 1 is 0.903 bits per heavy atom. The molecule has 1 heterocycles. The van der Waals surface area contributed by atoms with Crippen molar-refractivity contribution < 1.29 is 14.3 Å². The van der Waals surface area contributed by atoms with Crippen molar-refractivity contribution in [2.24, 2.45) is 0 Å². The predicted molar refractivity (Wildman–Crippen MR) is 121 cm³/mol. The third-order valence-electron chi connectivity index (χ3n) is 5.42. The second-order valence-corrected chi connectivity index (χ2v) is 7.65. The van der Waals surface area contributed by atoms with Crippen LogP contribution in [-0.4, -0.2) is 43.7 Å². The molecular weight excluding hydrogens is 388 g/mol. The van der Waals surface area contributed by atoms with Gasteiger partial charge in [0.1, 0.15) is 12.4 Å². The van der Waals surface area contributed by atoms with Gasteiger partial charge in [0.05, 0.1) is 19.3 Å². The fourth-order valence-electron chi connectivity index (χ4n) is 3.64. The maximum atomic E-state index is 13.0. The van der Waals surface area contributed by atoms with Gasteiger partial charge in [-0.05, 0) is 35.4 Å². The summed E-state index contributed by atoms with van der Waals surface area (Å²) in [6.07, 6.45) is 0. The zero-order valence-corrected chi connectivity index (χ0v) is 17.6. The highest BCUT2D eigenvalue weighted by molar-refractivity contribution is 5.94. The molecule has 1 fully saturated rings. The summed E-state index contributed by atoms with van der Waals surface area (Å²) in [7, 11) is 0. The van der Waals surface area contributed by atoms with Gasteiger partial charge in [-0.2, -0.15) is 0 Å². The molecule has 0 radical (unpaired) electrons. The molecule has 5 nitrogen and oxygen atoms in total. The van der Waals surface area contributed by atoms with Gasteiger partial charge in [-0.25, -0.2) is 0 Å². The van der Waals surface area contributed by atoms with Gasteiger partial charge < -0.3 is 14.8 Å². The normalized spacial score (nSPS) is 15.2. The van der Waals surface area contributed by atoms with Crippen LogP contribution in [0, 0.1) is 0 Å². The lowest BCUT2D eigenvalue weighted by Crippen LogP contribution is -2.43. The molecule has 0 aromatic heterocycles. The van der Waals surface area contributed by atoms with Crippen molar-refractivity contribution in [3.63, 3.8) is 0 Å². The molecule has 1 aliphatic heterocycles. The number of hydrogen-bond donors (Lipinski definition) is 1. The second-order valence-electron chi connectivity index (χ2n) is 7.65. The van der Waals surface area contributed by atoms with Crippen LogP contribution in [-0.2, 0) is 11.3 Å². The van der Waals surface area contributed by atoms with E-state index in [-0.39, 0.29) is 11.9 Å². The number of hydrogen-bond acceptors (Lipinski definition) is 4. The first-order valence-electron chi connectivity index (χ1n) is 10.7. The van der Waals surface area contributed by atoms with Crippen molar-refractivity contribution in [3.05, 3.63) is 102 Å². The van der Waals surface area contributed by atoms with Crippen molar-refractivity contribution in [1.29, 1.82) is 0 Å². The molecule has 0 spiro atoms. The molecule has 1 aliphatic rings. The van der Waals surface area contributed by atoms with Crippen LogP contribution in [0.1, 0.15) is 27.5 Å². The lowest BCUT2D eigenvalue weighted by molar-refractivity contribution is 0.0332. The van der Waals surface area contributed by atoms with Crippen molar-refractivity contribution >= 4 is 5.91 Å². The van der Waals surface area contributed by atoms with Crippen LogP contribution >= 0.6 is 0 Å². The number of carbonyl (C=O) groups is 1. The number of nitrogens with zero attached hydrogens (tertiary/aromatic N) is 1. The number of nitrogens with one attached hydrogen (secondary N) is 1. The van der Waals surface area contributed by atoms with Crippen LogP contribution < -0.4 is 10.1 Å². The monoisotopic (exact) mass is 416 g/mol. The molecule has 160 valence electrons. The van der Waals surface area contributed by atoms with Gasteiger partial charge in [0.25, 0.3) is 5.91 Å². The standard InChI is InChI=1S/C26H28N2O3/c29-26(23-13-11-21(12-14-23)20-31-24-9-5-2-6-10-24)27-25(22-7-3-1-4-8-22)19-28-15-17-30-18-16-28/h1-14,25H,15-20H2,(H,27,29)/t25-/m0/s1. The minimum Gasteiger partial charge on any atom is -0.489 e. The van der Waals surface area contributed by atoms with Gasteiger partial charge in [0.15, 0.2) is 0 Å². The Balaban J connectivity index is 1.39. The Bertz CT molecular complexity index is 939. The summed E-state index contributed by atoms with van der Waals surface area (Å²) >= 11 is 0. The molecule has 3 aromatic carbocycles. The summed E-state index contributed by atoms with van der Waals surface area (Å²) in [5.41, 5.74) is 2.77. The largest absolute Gasteiger partial charge is 0.489 e. The first kappa shape index (κ1) is 21.1. The first-order valence-corrected chi connectivity index (χ1v) is 10.7. The highest BCUT2D eigenvalue weighted by atomic mass is 16.5. The molecule has 4 rings (SSSR count). The smallest absolute Gasteiger partial charge is 0.251 e. The summed E-state index contributed by atoms with van der Waals surface area (Å²) in [4.78, 5) is 15.3. The first-order chi connectivity index (χ1) is 15.3. The van der Waals surface area contributed by atoms with Crippen LogP contribution in [0.4, 0.5) is 0 Å². The van der Waals surface area contributed by atoms with E-state index in [1.807, 2.05) is 72.8 Å². The number of morpholine rings is 1. The van der Waals surface area contributed by atoms with E-state index < -0.39 is 0 Å². The number of rotatable bonds is 8. The van der Waals surface area contributed by atoms with Gasteiger partial charge in [0, 0.05) is 25.2 Å². The highest BCUT2D eigenvalue weighted by Crippen LogP contribution is 2.17. The molecule has 1 saturated heterocycles. The Kier molecular flexibility index (Phi) is 7.32. The Morgan fingerprint density at radius 2 is 1.55 bits per heavy atom. The highest BCUT2D eigenvalue weighted by Gasteiger charge is 2.20. The Hall–Kier alpha value is -3.15. The zero-order chi connectivity index (χ0) is 21.3. The van der Waals surface area contributed by atoms with Gasteiger partial charge in [-0.3, -0.25) is 9.69 Å². The van der Waals surface area contributed by atoms with E-state index in [0.717, 1.165) is 49.7 Å². The Labute approximate surface area is 183 Å². The topological polar surface area (TPSA) is 50.8 Å². The summed E-state index contributed by atoms with van der Waals surface area (Å²) in [5.74, 6) is 0.760. The second kappa shape index (κ2) is 10.8. The molecule has 0 bridgehead atoms. The maximum Gasteiger partial charge on any atom is 0.251 e. The molecule has 1 atom stereocenters. The van der Waals surface area contributed by atoms with Crippen molar-refractivity contribution in [3.8, 4) is 5.75 Å². The van der Waals surface area contributed by atoms with Gasteiger partial charge in [-0.15, -0.1) is 0 Å². The molecule has 0 unspecified atom stereocenters. The van der Waals surface area contributed by atoms with Gasteiger partial charge in [0.2, 0.25) is 0 Å². The number of carbonyl (C=O) groups excluding carboxylic acids is 1. The van der Waals surface area contributed by atoms with Crippen LogP contribution in [0.3, 0.4) is 0 Å². The van der Waals surface area contributed by atoms with Crippen LogP contribution in [0.2, 0.25) is 0 Å². The third-order valence-corrected chi connectivity index (χ3v) is 5.42. The molecular formula is C26H28N2O3. The number of amides is 1. The number of para-hydroxylation sites is 1. The fourth-order valence-corrected chi connectivity index (χ4v) is 3.64. The molecule has 3 aromatic rings. The van der Waals surface area contributed by atoms with E-state index in [1.165, 1.54) is 0 Å². The molecule has 31 heavy (non-hydrogen) atoms. The van der Waals surface area contributed by atoms with Gasteiger partial charge in [-0.1, -0.05) is 60.7 Å². The fraction of sp³-hybridized carbons (Fsp3) is 0.269. The van der Waals surface area contributed by atoms with E-state index in [4.69, 9.17) is 9.47 Å². The van der Waals surface area contributed by atoms with E-state index in [2.05, 4.69) is 22.3 Å². The van der Waals surface area contributed by atoms with Crippen LogP contribution in [0.15, 0.2) is 84.9 Å². The molecule has 0 aliphatic carbocycles. The van der Waals surface area contributed by atoms with Crippen molar-refractivity contribution in [1.82, 2.24) is 10.2 Å². The van der Waals surface area contributed by atoms with E-state index in [1.54, 1.807) is 0 Å². The minimum absolute atomic E-state index is 0.0716. The SMILES string of the molecule is O=C(N[C@@H](CN1CCOCC1)c1ccccc1)c1ccc(COc2ccccc2)cc1. The lowest BCUT2D eigenvalue weighted by Gasteiger charge is -2.31. The van der Waals surface area contributed by atoms with Gasteiger partial charge >= 0.3 is 0 Å². The summed E-state index contributed by atoms with van der Waals surface area (Å²) in [5, 5.41) is 3.22. The van der Waals surface area contributed by atoms with Crippen LogP contribution in [0.25, 0.3) is 0 Å². The predicted octanol–water partition coefficient (Wildman–Crippen LogP) is 4.07. The van der Waals surface area contributed by atoms with Crippen molar-refractivity contribution in [2.45, 2.75) is 12.6 Å². The lowest BCUT2D eigenvalue weighted by atomic mass is 10.0. The number of benzene rings is 3. The van der Waals surface area contributed by atoms with E-state index >= 15 is 0 Å². The van der Waals surface area contributed by atoms with Crippen LogP contribution in [0.5, 0.6) is 5.75 Å². The van der Waals surface area contributed by atoms with E-state index in [0.29, 0.717) is 12.2 Å². The Morgan fingerprint density at radius 3 is 2.23 bits per heavy atom. The minimum atomic E-state index is -0.0760. The van der Waals surface area contributed by atoms with Crippen molar-refractivity contribution in [2.75, 3.05) is 32.8 Å². The molecule has 1 N–H and O–H groups in total. The molecule has 0 saturated carbocycles. The summed E-state index contributed by atoms with van der Waals surface area (Å²) < 4.78 is 11.2. The summed E-state index contributed by atoms with van der Waals surface area (Å²) in [6.45, 7) is 4.48. The average Bonchev–Trinajstić information content (AvgIpc) is 2.84. The quantitative estimate of drug-likeness (QED) is 0.602. The molecule has 5 heteroatoms. The molecule has 1 amide bonds. The zero-order valence-electron chi connectivity index (χ0n) is 17.6. The maximum absolute atomic E-state index is 13.0. The average molecular weight is 417 g/mol.